The molecule has 2 aromatic carbocycles. The van der Waals surface area contributed by atoms with Gasteiger partial charge >= 0.3 is 0 Å². The number of furan rings is 1. The summed E-state index contributed by atoms with van der Waals surface area (Å²) in [4.78, 5) is 27.7. The molecule has 0 saturated carbocycles. The molecular weight excluding hydrogens is 461 g/mol. The van der Waals surface area contributed by atoms with E-state index < -0.39 is 17.7 Å². The Morgan fingerprint density at radius 3 is 2.44 bits per heavy atom. The van der Waals surface area contributed by atoms with Crippen molar-refractivity contribution in [2.45, 2.75) is 45.6 Å². The van der Waals surface area contributed by atoms with Gasteiger partial charge in [-0.25, -0.2) is 4.39 Å². The van der Waals surface area contributed by atoms with Crippen LogP contribution in [0.3, 0.4) is 0 Å². The van der Waals surface area contributed by atoms with E-state index in [-0.39, 0.29) is 29.1 Å². The molecule has 3 aromatic rings. The molecule has 0 aliphatic carbocycles. The van der Waals surface area contributed by atoms with Crippen molar-refractivity contribution in [1.29, 1.82) is 0 Å². The molecule has 1 unspecified atom stereocenters. The normalized spacial score (nSPS) is 17.6. The lowest BCUT2D eigenvalue weighted by molar-refractivity contribution is -0.140. The average molecular weight is 492 g/mol. The fourth-order valence-electron chi connectivity index (χ4n) is 4.45. The molecule has 1 fully saturated rings. The summed E-state index contributed by atoms with van der Waals surface area (Å²) in [6.07, 6.45) is 1.87. The molecule has 0 radical (unpaired) electrons. The third-order valence-electron chi connectivity index (χ3n) is 6.27. The average Bonchev–Trinajstić information content (AvgIpc) is 3.45. The Balaban J connectivity index is 1.77. The second kappa shape index (κ2) is 10.0. The number of rotatable bonds is 7. The van der Waals surface area contributed by atoms with E-state index in [0.717, 1.165) is 11.1 Å². The van der Waals surface area contributed by atoms with Crippen molar-refractivity contribution in [2.24, 2.45) is 0 Å². The van der Waals surface area contributed by atoms with Gasteiger partial charge in [-0.05, 0) is 66.8 Å². The predicted molar refractivity (Wildman–Crippen MR) is 134 cm³/mol. The predicted octanol–water partition coefficient (Wildman–Crippen LogP) is 5.78. The number of ether oxygens (including phenoxy) is 1. The first kappa shape index (κ1) is 25.2. The summed E-state index contributed by atoms with van der Waals surface area (Å²) in [7, 11) is 0. The zero-order chi connectivity index (χ0) is 26.0. The Hall–Kier alpha value is -3.87. The number of nitrogens with zero attached hydrogens (tertiary/aromatic N) is 1. The van der Waals surface area contributed by atoms with Gasteiger partial charge in [0.15, 0.2) is 0 Å². The Kier molecular flexibility index (Phi) is 7.02. The summed E-state index contributed by atoms with van der Waals surface area (Å²) in [5.74, 6) is -1.05. The van der Waals surface area contributed by atoms with E-state index in [0.29, 0.717) is 30.1 Å². The topological polar surface area (TPSA) is 80.0 Å². The molecule has 1 atom stereocenters. The summed E-state index contributed by atoms with van der Waals surface area (Å²) in [5, 5.41) is 11.4. The van der Waals surface area contributed by atoms with Gasteiger partial charge < -0.3 is 19.2 Å². The summed E-state index contributed by atoms with van der Waals surface area (Å²) in [6.45, 7) is 8.68. The monoisotopic (exact) mass is 491 g/mol. The fraction of sp³-hybridized carbons (Fsp3) is 0.310. The number of amides is 1. The van der Waals surface area contributed by atoms with E-state index in [9.17, 15) is 19.1 Å². The number of halogens is 1. The van der Waals surface area contributed by atoms with E-state index >= 15 is 0 Å². The molecule has 1 aliphatic heterocycles. The molecule has 2 heterocycles. The van der Waals surface area contributed by atoms with Crippen LogP contribution in [-0.2, 0) is 21.4 Å². The molecule has 1 aliphatic rings. The second-order valence-corrected chi connectivity index (χ2v) is 9.78. The van der Waals surface area contributed by atoms with E-state index in [4.69, 9.17) is 9.15 Å². The van der Waals surface area contributed by atoms with Crippen LogP contribution >= 0.6 is 0 Å². The summed E-state index contributed by atoms with van der Waals surface area (Å²) in [5.41, 5.74) is 1.78. The molecule has 7 heteroatoms. The van der Waals surface area contributed by atoms with Gasteiger partial charge in [-0.15, -0.1) is 0 Å². The van der Waals surface area contributed by atoms with Crippen LogP contribution in [0.25, 0.3) is 5.76 Å². The number of Topliss-reactive ketones (excluding diaryl/α,β-unsaturated/α-hetero) is 1. The van der Waals surface area contributed by atoms with Crippen molar-refractivity contribution in [2.75, 3.05) is 13.2 Å². The third-order valence-corrected chi connectivity index (χ3v) is 6.27. The molecule has 1 saturated heterocycles. The number of aliphatic hydroxyl groups excluding tert-OH is 1. The van der Waals surface area contributed by atoms with Gasteiger partial charge in [-0.2, -0.15) is 0 Å². The maximum Gasteiger partial charge on any atom is 0.295 e. The maximum atomic E-state index is 13.3. The SMILES string of the molecule is CCOc1ccc(/C(O)=C2/C(=O)C(=O)N(CCc3ccc(F)cc3)C2c2ccco2)cc1C(C)(C)C. The first-order chi connectivity index (χ1) is 17.1. The highest BCUT2D eigenvalue weighted by Crippen LogP contribution is 2.41. The van der Waals surface area contributed by atoms with Crippen LogP contribution in [0.15, 0.2) is 70.9 Å². The number of aliphatic hydroxyl groups is 1. The number of likely N-dealkylation sites (tertiary alicyclic amines) is 1. The van der Waals surface area contributed by atoms with Crippen molar-refractivity contribution in [1.82, 2.24) is 4.90 Å². The highest BCUT2D eigenvalue weighted by molar-refractivity contribution is 6.46. The molecule has 1 aromatic heterocycles. The summed E-state index contributed by atoms with van der Waals surface area (Å²) in [6, 6.07) is 13.7. The van der Waals surface area contributed by atoms with Crippen molar-refractivity contribution in [3.8, 4) is 5.75 Å². The first-order valence-electron chi connectivity index (χ1n) is 12.0. The van der Waals surface area contributed by atoms with Gasteiger partial charge in [0.05, 0.1) is 18.4 Å². The number of hydrogen-bond acceptors (Lipinski definition) is 5. The maximum absolute atomic E-state index is 13.3. The van der Waals surface area contributed by atoms with E-state index in [1.54, 1.807) is 42.5 Å². The third kappa shape index (κ3) is 4.91. The lowest BCUT2D eigenvalue weighted by Gasteiger charge is -2.25. The van der Waals surface area contributed by atoms with Gasteiger partial charge in [0.25, 0.3) is 11.7 Å². The van der Waals surface area contributed by atoms with E-state index in [2.05, 4.69) is 0 Å². The first-order valence-corrected chi connectivity index (χ1v) is 12.0. The lowest BCUT2D eigenvalue weighted by atomic mass is 9.84. The van der Waals surface area contributed by atoms with Crippen molar-refractivity contribution in [3.05, 3.63) is 94.7 Å². The van der Waals surface area contributed by atoms with Crippen molar-refractivity contribution in [3.63, 3.8) is 0 Å². The van der Waals surface area contributed by atoms with Crippen LogP contribution in [0, 0.1) is 5.82 Å². The Morgan fingerprint density at radius 2 is 1.83 bits per heavy atom. The van der Waals surface area contributed by atoms with Crippen LogP contribution in [0.4, 0.5) is 4.39 Å². The standard InChI is InChI=1S/C29H30FNO5/c1-5-35-22-13-10-19(17-21(22)29(2,3)4)26(32)24-25(23-7-6-16-36-23)31(28(34)27(24)33)15-14-18-8-11-20(30)12-9-18/h6-13,16-17,25,32H,5,14-15H2,1-4H3/b26-24-. The summed E-state index contributed by atoms with van der Waals surface area (Å²) >= 11 is 0. The minimum Gasteiger partial charge on any atom is -0.507 e. The molecular formula is C29H30FNO5. The number of carbonyl (C=O) groups is 2. The Bertz CT molecular complexity index is 1290. The zero-order valence-electron chi connectivity index (χ0n) is 20.9. The highest BCUT2D eigenvalue weighted by atomic mass is 19.1. The molecule has 1 amide bonds. The minimum absolute atomic E-state index is 0.0296. The summed E-state index contributed by atoms with van der Waals surface area (Å²) < 4.78 is 24.7. The van der Waals surface area contributed by atoms with E-state index in [1.165, 1.54) is 23.3 Å². The second-order valence-electron chi connectivity index (χ2n) is 9.78. The highest BCUT2D eigenvalue weighted by Gasteiger charge is 2.47. The van der Waals surface area contributed by atoms with E-state index in [1.807, 2.05) is 27.7 Å². The van der Waals surface area contributed by atoms with Crippen molar-refractivity contribution < 1.29 is 28.2 Å². The molecule has 1 N–H and O–H groups in total. The van der Waals surface area contributed by atoms with Crippen LogP contribution in [-0.4, -0.2) is 34.8 Å². The fourth-order valence-corrected chi connectivity index (χ4v) is 4.45. The number of ketones is 1. The molecule has 6 nitrogen and oxygen atoms in total. The molecule has 0 bridgehead atoms. The largest absolute Gasteiger partial charge is 0.507 e. The molecule has 0 spiro atoms. The van der Waals surface area contributed by atoms with Gasteiger partial charge in [-0.1, -0.05) is 32.9 Å². The smallest absolute Gasteiger partial charge is 0.295 e. The number of hydrogen-bond donors (Lipinski definition) is 1. The quantitative estimate of drug-likeness (QED) is 0.258. The van der Waals surface area contributed by atoms with Crippen LogP contribution in [0.2, 0.25) is 0 Å². The zero-order valence-corrected chi connectivity index (χ0v) is 20.9. The molecule has 36 heavy (non-hydrogen) atoms. The van der Waals surface area contributed by atoms with Gasteiger partial charge in [0.2, 0.25) is 0 Å². The van der Waals surface area contributed by atoms with Gasteiger partial charge in [0.1, 0.15) is 29.1 Å². The lowest BCUT2D eigenvalue weighted by Crippen LogP contribution is -2.31. The Labute approximate surface area is 210 Å². The van der Waals surface area contributed by atoms with Crippen LogP contribution in [0.5, 0.6) is 5.75 Å². The van der Waals surface area contributed by atoms with Gasteiger partial charge in [0, 0.05) is 17.7 Å². The minimum atomic E-state index is -0.884. The molecule has 188 valence electrons. The van der Waals surface area contributed by atoms with Crippen molar-refractivity contribution >= 4 is 17.4 Å². The van der Waals surface area contributed by atoms with Crippen LogP contribution in [0.1, 0.15) is 56.2 Å². The number of benzene rings is 2. The van der Waals surface area contributed by atoms with Crippen LogP contribution < -0.4 is 4.74 Å². The molecule has 4 rings (SSSR count). The Morgan fingerprint density at radius 1 is 1.11 bits per heavy atom. The van der Waals surface area contributed by atoms with Gasteiger partial charge in [-0.3, -0.25) is 9.59 Å². The number of carbonyl (C=O) groups excluding carboxylic acids is 2.